The number of nitrogens with zero attached hydrogens (tertiary/aromatic N) is 1. The van der Waals surface area contributed by atoms with Crippen molar-refractivity contribution < 1.29 is 9.53 Å². The van der Waals surface area contributed by atoms with Crippen molar-refractivity contribution in [3.8, 4) is 0 Å². The van der Waals surface area contributed by atoms with Gasteiger partial charge in [0.05, 0.1) is 18.2 Å². The van der Waals surface area contributed by atoms with Gasteiger partial charge in [-0.15, -0.1) is 0 Å². The monoisotopic (exact) mass is 349 g/mol. The molecular formula is C18H17Cl2NO2. The van der Waals surface area contributed by atoms with Gasteiger partial charge >= 0.3 is 0 Å². The highest BCUT2D eigenvalue weighted by Crippen LogP contribution is 2.24. The van der Waals surface area contributed by atoms with Crippen LogP contribution in [0.4, 0.5) is 0 Å². The molecule has 1 heterocycles. The molecule has 0 saturated carbocycles. The number of morpholine rings is 1. The van der Waals surface area contributed by atoms with Crippen LogP contribution in [-0.2, 0) is 11.3 Å². The van der Waals surface area contributed by atoms with Gasteiger partial charge in [0.25, 0.3) is 0 Å². The molecule has 5 heteroatoms. The summed E-state index contributed by atoms with van der Waals surface area (Å²) in [5, 5.41) is 0.897. The summed E-state index contributed by atoms with van der Waals surface area (Å²) in [4.78, 5) is 15.0. The normalized spacial score (nSPS) is 15.6. The molecule has 0 bridgehead atoms. The minimum Gasteiger partial charge on any atom is -0.379 e. The lowest BCUT2D eigenvalue weighted by molar-refractivity contribution is 0.0342. The van der Waals surface area contributed by atoms with Crippen LogP contribution in [0.3, 0.4) is 0 Å². The molecule has 1 saturated heterocycles. The van der Waals surface area contributed by atoms with Crippen molar-refractivity contribution >= 4 is 29.0 Å². The largest absolute Gasteiger partial charge is 0.379 e. The summed E-state index contributed by atoms with van der Waals surface area (Å²) >= 11 is 12.0. The van der Waals surface area contributed by atoms with Crippen molar-refractivity contribution in [1.29, 1.82) is 0 Å². The average molecular weight is 350 g/mol. The number of hydrogen-bond acceptors (Lipinski definition) is 3. The van der Waals surface area contributed by atoms with Gasteiger partial charge in [-0.2, -0.15) is 0 Å². The van der Waals surface area contributed by atoms with Gasteiger partial charge in [-0.1, -0.05) is 41.4 Å². The molecule has 0 spiro atoms. The summed E-state index contributed by atoms with van der Waals surface area (Å²) in [5.74, 6) is -0.0875. The van der Waals surface area contributed by atoms with Gasteiger partial charge in [0, 0.05) is 35.8 Å². The third kappa shape index (κ3) is 4.12. The summed E-state index contributed by atoms with van der Waals surface area (Å²) in [5.41, 5.74) is 2.22. The number of hydrogen-bond donors (Lipinski definition) is 0. The van der Waals surface area contributed by atoms with Crippen LogP contribution in [0.15, 0.2) is 42.5 Å². The molecule has 1 aliphatic heterocycles. The first-order valence-electron chi connectivity index (χ1n) is 7.52. The second kappa shape index (κ2) is 7.45. The maximum atomic E-state index is 12.7. The van der Waals surface area contributed by atoms with Crippen molar-refractivity contribution in [2.45, 2.75) is 6.54 Å². The molecule has 2 aromatic carbocycles. The zero-order chi connectivity index (χ0) is 16.2. The Hall–Kier alpha value is -1.39. The molecule has 1 aliphatic rings. The molecule has 3 nitrogen and oxygen atoms in total. The number of rotatable bonds is 4. The van der Waals surface area contributed by atoms with Crippen LogP contribution in [0.5, 0.6) is 0 Å². The van der Waals surface area contributed by atoms with Gasteiger partial charge in [-0.25, -0.2) is 0 Å². The van der Waals surface area contributed by atoms with Crippen molar-refractivity contribution in [3.05, 3.63) is 69.2 Å². The number of carbonyl (C=O) groups excluding carboxylic acids is 1. The molecule has 120 valence electrons. The maximum Gasteiger partial charge on any atom is 0.194 e. The number of ether oxygens (including phenoxy) is 1. The van der Waals surface area contributed by atoms with Crippen LogP contribution in [-0.4, -0.2) is 37.0 Å². The average Bonchev–Trinajstić information content (AvgIpc) is 2.55. The smallest absolute Gasteiger partial charge is 0.194 e. The van der Waals surface area contributed by atoms with E-state index in [2.05, 4.69) is 4.90 Å². The fourth-order valence-electron chi connectivity index (χ4n) is 2.66. The first kappa shape index (κ1) is 16.5. The highest BCUT2D eigenvalue weighted by atomic mass is 35.5. The molecule has 0 atom stereocenters. The van der Waals surface area contributed by atoms with Gasteiger partial charge in [-0.05, 0) is 29.8 Å². The van der Waals surface area contributed by atoms with Crippen LogP contribution in [0.2, 0.25) is 10.0 Å². The van der Waals surface area contributed by atoms with Crippen molar-refractivity contribution in [2.24, 2.45) is 0 Å². The Labute approximate surface area is 145 Å². The molecule has 0 aromatic heterocycles. The van der Waals surface area contributed by atoms with Gasteiger partial charge < -0.3 is 4.74 Å². The quantitative estimate of drug-likeness (QED) is 0.779. The second-order valence-corrected chi connectivity index (χ2v) is 6.39. The Bertz CT molecular complexity index is 712. The first-order chi connectivity index (χ1) is 11.1. The highest BCUT2D eigenvalue weighted by Gasteiger charge is 2.15. The minimum absolute atomic E-state index is 0.0875. The predicted molar refractivity (Wildman–Crippen MR) is 92.4 cm³/mol. The molecule has 1 fully saturated rings. The minimum atomic E-state index is -0.0875. The summed E-state index contributed by atoms with van der Waals surface area (Å²) in [6.07, 6.45) is 0. The first-order valence-corrected chi connectivity index (χ1v) is 8.28. The molecule has 2 aromatic rings. The van der Waals surface area contributed by atoms with E-state index >= 15 is 0 Å². The van der Waals surface area contributed by atoms with E-state index in [0.29, 0.717) is 21.2 Å². The number of benzene rings is 2. The van der Waals surface area contributed by atoms with Gasteiger partial charge in [0.15, 0.2) is 5.78 Å². The molecule has 0 radical (unpaired) electrons. The Morgan fingerprint density at radius 3 is 2.61 bits per heavy atom. The zero-order valence-corrected chi connectivity index (χ0v) is 14.1. The van der Waals surface area contributed by atoms with Gasteiger partial charge in [0.2, 0.25) is 0 Å². The van der Waals surface area contributed by atoms with Crippen LogP contribution < -0.4 is 0 Å². The third-order valence-electron chi connectivity index (χ3n) is 3.87. The molecule has 23 heavy (non-hydrogen) atoms. The molecule has 0 N–H and O–H groups in total. The molecule has 0 unspecified atom stereocenters. The van der Waals surface area contributed by atoms with Crippen LogP contribution in [0, 0.1) is 0 Å². The van der Waals surface area contributed by atoms with Crippen LogP contribution in [0.25, 0.3) is 0 Å². The highest BCUT2D eigenvalue weighted by molar-refractivity contribution is 6.37. The molecule has 0 amide bonds. The lowest BCUT2D eigenvalue weighted by Crippen LogP contribution is -2.35. The second-order valence-electron chi connectivity index (χ2n) is 5.54. The maximum absolute atomic E-state index is 12.7. The zero-order valence-electron chi connectivity index (χ0n) is 12.6. The number of ketones is 1. The third-order valence-corrected chi connectivity index (χ3v) is 4.42. The van der Waals surface area contributed by atoms with E-state index in [-0.39, 0.29) is 5.78 Å². The van der Waals surface area contributed by atoms with E-state index < -0.39 is 0 Å². The summed E-state index contributed by atoms with van der Waals surface area (Å²) < 4.78 is 5.36. The van der Waals surface area contributed by atoms with E-state index in [1.54, 1.807) is 18.2 Å². The van der Waals surface area contributed by atoms with E-state index in [4.69, 9.17) is 27.9 Å². The number of carbonyl (C=O) groups is 1. The lowest BCUT2D eigenvalue weighted by Gasteiger charge is -2.26. The summed E-state index contributed by atoms with van der Waals surface area (Å²) in [6.45, 7) is 4.18. The summed E-state index contributed by atoms with van der Waals surface area (Å²) in [7, 11) is 0. The number of halogens is 2. The Morgan fingerprint density at radius 2 is 1.87 bits per heavy atom. The van der Waals surface area contributed by atoms with Crippen molar-refractivity contribution in [1.82, 2.24) is 4.90 Å². The predicted octanol–water partition coefficient (Wildman–Crippen LogP) is 4.06. The van der Waals surface area contributed by atoms with Crippen LogP contribution >= 0.6 is 23.2 Å². The fourth-order valence-corrected chi connectivity index (χ4v) is 3.15. The van der Waals surface area contributed by atoms with Crippen LogP contribution in [0.1, 0.15) is 21.5 Å². The topological polar surface area (TPSA) is 29.5 Å². The van der Waals surface area contributed by atoms with E-state index in [9.17, 15) is 4.79 Å². The molecule has 0 aliphatic carbocycles. The SMILES string of the molecule is O=C(c1cccc(CN2CCOCC2)c1)c1ccc(Cl)cc1Cl. The summed E-state index contributed by atoms with van der Waals surface area (Å²) in [6, 6.07) is 12.6. The Kier molecular flexibility index (Phi) is 5.34. The van der Waals surface area contributed by atoms with E-state index in [0.717, 1.165) is 38.4 Å². The van der Waals surface area contributed by atoms with Crippen molar-refractivity contribution in [2.75, 3.05) is 26.3 Å². The van der Waals surface area contributed by atoms with Gasteiger partial charge in [0.1, 0.15) is 0 Å². The Morgan fingerprint density at radius 1 is 1.09 bits per heavy atom. The molecule has 3 rings (SSSR count). The fraction of sp³-hybridized carbons (Fsp3) is 0.278. The van der Waals surface area contributed by atoms with E-state index in [1.165, 1.54) is 0 Å². The lowest BCUT2D eigenvalue weighted by atomic mass is 10.0. The van der Waals surface area contributed by atoms with Crippen molar-refractivity contribution in [3.63, 3.8) is 0 Å². The standard InChI is InChI=1S/C18H17Cl2NO2/c19-15-4-5-16(17(20)11-15)18(22)14-3-1-2-13(10-14)12-21-6-8-23-9-7-21/h1-5,10-11H,6-9,12H2. The molecular weight excluding hydrogens is 333 g/mol. The Balaban J connectivity index is 1.79. The van der Waals surface area contributed by atoms with E-state index in [1.807, 2.05) is 24.3 Å². The van der Waals surface area contributed by atoms with Gasteiger partial charge in [-0.3, -0.25) is 9.69 Å².